The third-order valence-corrected chi connectivity index (χ3v) is 8.25. The van der Waals surface area contributed by atoms with E-state index in [9.17, 15) is 9.59 Å². The molecule has 0 saturated carbocycles. The fourth-order valence-corrected chi connectivity index (χ4v) is 6.68. The summed E-state index contributed by atoms with van der Waals surface area (Å²) in [5, 5.41) is 4.36. The first kappa shape index (κ1) is 20.5. The standard InChI is InChI=1S/C21H27N3O4S2/c25-17(22-10-13-4-2-8-27-13)12-29-21-23-19-18(15-6-1-7-16(15)30-19)20(26)24(21)11-14-5-3-9-28-14/h13-14H,1-12H2,(H,22,25)/t13-,14+/m0/s1. The van der Waals surface area contributed by atoms with Crippen LogP contribution in [0, 0.1) is 0 Å². The van der Waals surface area contributed by atoms with Gasteiger partial charge in [0.05, 0.1) is 29.9 Å². The summed E-state index contributed by atoms with van der Waals surface area (Å²) in [6.07, 6.45) is 7.31. The highest BCUT2D eigenvalue weighted by Gasteiger charge is 2.26. The number of aromatic nitrogens is 2. The number of carbonyl (C=O) groups is 1. The Hall–Kier alpha value is -1.42. The van der Waals surface area contributed by atoms with Crippen molar-refractivity contribution in [2.24, 2.45) is 0 Å². The molecule has 30 heavy (non-hydrogen) atoms. The van der Waals surface area contributed by atoms with Gasteiger partial charge in [-0.2, -0.15) is 0 Å². The normalized spacial score (nSPS) is 23.3. The molecule has 2 aromatic rings. The van der Waals surface area contributed by atoms with Crippen LogP contribution in [0.15, 0.2) is 9.95 Å². The molecule has 1 aliphatic carbocycles. The van der Waals surface area contributed by atoms with Gasteiger partial charge >= 0.3 is 0 Å². The van der Waals surface area contributed by atoms with Gasteiger partial charge in [-0.1, -0.05) is 11.8 Å². The fourth-order valence-electron chi connectivity index (χ4n) is 4.54. The largest absolute Gasteiger partial charge is 0.376 e. The number of thioether (sulfide) groups is 1. The van der Waals surface area contributed by atoms with Crippen LogP contribution in [-0.2, 0) is 33.7 Å². The minimum Gasteiger partial charge on any atom is -0.376 e. The number of nitrogens with one attached hydrogen (secondary N) is 1. The van der Waals surface area contributed by atoms with Crippen molar-refractivity contribution >= 4 is 39.2 Å². The molecule has 0 unspecified atom stereocenters. The number of amides is 1. The zero-order valence-electron chi connectivity index (χ0n) is 17.0. The molecule has 7 nitrogen and oxygen atoms in total. The second kappa shape index (κ2) is 8.98. The van der Waals surface area contributed by atoms with Crippen LogP contribution in [-0.4, -0.2) is 53.2 Å². The van der Waals surface area contributed by atoms with Crippen LogP contribution in [0.1, 0.15) is 42.5 Å². The van der Waals surface area contributed by atoms with Crippen molar-refractivity contribution in [2.45, 2.75) is 68.9 Å². The van der Waals surface area contributed by atoms with Gasteiger partial charge in [-0.15, -0.1) is 11.3 Å². The van der Waals surface area contributed by atoms with E-state index in [4.69, 9.17) is 14.5 Å². The smallest absolute Gasteiger partial charge is 0.263 e. The average molecular weight is 450 g/mol. The van der Waals surface area contributed by atoms with Crippen LogP contribution in [0.25, 0.3) is 10.2 Å². The Morgan fingerprint density at radius 2 is 1.97 bits per heavy atom. The van der Waals surface area contributed by atoms with Crippen LogP contribution >= 0.6 is 23.1 Å². The van der Waals surface area contributed by atoms with E-state index in [1.54, 1.807) is 15.9 Å². The van der Waals surface area contributed by atoms with Crippen molar-refractivity contribution in [1.82, 2.24) is 14.9 Å². The maximum Gasteiger partial charge on any atom is 0.263 e. The molecular formula is C21H27N3O4S2. The highest BCUT2D eigenvalue weighted by Crippen LogP contribution is 2.35. The summed E-state index contributed by atoms with van der Waals surface area (Å²) in [5.74, 6) is 0.184. The topological polar surface area (TPSA) is 82.5 Å². The highest BCUT2D eigenvalue weighted by atomic mass is 32.2. The lowest BCUT2D eigenvalue weighted by molar-refractivity contribution is -0.119. The van der Waals surface area contributed by atoms with Gasteiger partial charge in [0.25, 0.3) is 5.56 Å². The molecule has 2 atom stereocenters. The van der Waals surface area contributed by atoms with Crippen LogP contribution in [0.4, 0.5) is 0 Å². The number of hydrogen-bond acceptors (Lipinski definition) is 7. The van der Waals surface area contributed by atoms with Crippen molar-refractivity contribution in [3.8, 4) is 0 Å². The molecule has 1 amide bonds. The maximum atomic E-state index is 13.4. The molecule has 3 aliphatic rings. The minimum atomic E-state index is -0.0535. The number of ether oxygens (including phenoxy) is 2. The molecule has 1 N–H and O–H groups in total. The minimum absolute atomic E-state index is 0.0252. The lowest BCUT2D eigenvalue weighted by Gasteiger charge is -2.16. The SMILES string of the molecule is O=C(CSc1nc2sc3c(c2c(=O)n1C[C@H]1CCCO1)CCC3)NC[C@@H]1CCCO1. The summed E-state index contributed by atoms with van der Waals surface area (Å²) in [4.78, 5) is 32.8. The second-order valence-electron chi connectivity index (χ2n) is 8.21. The zero-order chi connectivity index (χ0) is 20.5. The lowest BCUT2D eigenvalue weighted by atomic mass is 10.2. The van der Waals surface area contributed by atoms with E-state index in [-0.39, 0.29) is 29.4 Å². The number of aryl methyl sites for hydroxylation is 2. The van der Waals surface area contributed by atoms with E-state index < -0.39 is 0 Å². The average Bonchev–Trinajstić information content (AvgIpc) is 3.51. The Kier molecular flexibility index (Phi) is 6.13. The summed E-state index contributed by atoms with van der Waals surface area (Å²) in [7, 11) is 0. The zero-order valence-corrected chi connectivity index (χ0v) is 18.6. The van der Waals surface area contributed by atoms with E-state index in [0.717, 1.165) is 68.4 Å². The molecular weight excluding hydrogens is 422 g/mol. The van der Waals surface area contributed by atoms with E-state index in [1.807, 2.05) is 0 Å². The quantitative estimate of drug-likeness (QED) is 0.517. The molecule has 162 valence electrons. The third kappa shape index (κ3) is 4.17. The van der Waals surface area contributed by atoms with Crippen molar-refractivity contribution in [1.29, 1.82) is 0 Å². The molecule has 2 aromatic heterocycles. The molecule has 0 aromatic carbocycles. The Bertz CT molecular complexity index is 990. The second-order valence-corrected chi connectivity index (χ2v) is 10.2. The molecule has 9 heteroatoms. The lowest BCUT2D eigenvalue weighted by Crippen LogP contribution is -2.33. The van der Waals surface area contributed by atoms with Gasteiger partial charge in [-0.3, -0.25) is 14.2 Å². The predicted octanol–water partition coefficient (Wildman–Crippen LogP) is 2.51. The van der Waals surface area contributed by atoms with Crippen molar-refractivity contribution in [2.75, 3.05) is 25.5 Å². The van der Waals surface area contributed by atoms with Gasteiger partial charge in [-0.25, -0.2) is 4.98 Å². The highest BCUT2D eigenvalue weighted by molar-refractivity contribution is 7.99. The Morgan fingerprint density at radius 3 is 2.73 bits per heavy atom. The molecule has 0 bridgehead atoms. The van der Waals surface area contributed by atoms with Gasteiger partial charge in [-0.05, 0) is 50.5 Å². The first-order valence-corrected chi connectivity index (χ1v) is 12.7. The summed E-state index contributed by atoms with van der Waals surface area (Å²) in [6, 6.07) is 0. The van der Waals surface area contributed by atoms with Crippen LogP contribution in [0.2, 0.25) is 0 Å². The van der Waals surface area contributed by atoms with Gasteiger partial charge < -0.3 is 14.8 Å². The Labute approximate surface area is 183 Å². The van der Waals surface area contributed by atoms with Gasteiger partial charge in [0.2, 0.25) is 5.91 Å². The van der Waals surface area contributed by atoms with E-state index in [0.29, 0.717) is 18.2 Å². The number of carbonyl (C=O) groups excluding carboxylic acids is 1. The molecule has 5 rings (SSSR count). The van der Waals surface area contributed by atoms with Gasteiger partial charge in [0, 0.05) is 24.6 Å². The van der Waals surface area contributed by atoms with E-state index in [2.05, 4.69) is 5.32 Å². The Balaban J connectivity index is 1.36. The summed E-state index contributed by atoms with van der Waals surface area (Å²) >= 11 is 2.98. The molecule has 2 fully saturated rings. The summed E-state index contributed by atoms with van der Waals surface area (Å²) in [6.45, 7) is 2.58. The van der Waals surface area contributed by atoms with Crippen LogP contribution < -0.4 is 10.9 Å². The molecule has 4 heterocycles. The third-order valence-electron chi connectivity index (χ3n) is 6.08. The molecule has 0 spiro atoms. The number of thiophene rings is 1. The van der Waals surface area contributed by atoms with Crippen LogP contribution in [0.3, 0.4) is 0 Å². The maximum absolute atomic E-state index is 13.4. The van der Waals surface area contributed by atoms with Crippen molar-refractivity contribution in [3.05, 3.63) is 20.8 Å². The Morgan fingerprint density at radius 1 is 1.17 bits per heavy atom. The molecule has 2 aliphatic heterocycles. The van der Waals surface area contributed by atoms with Gasteiger partial charge in [0.15, 0.2) is 5.16 Å². The first-order chi connectivity index (χ1) is 14.7. The van der Waals surface area contributed by atoms with Crippen molar-refractivity contribution < 1.29 is 14.3 Å². The van der Waals surface area contributed by atoms with E-state index in [1.165, 1.54) is 22.2 Å². The van der Waals surface area contributed by atoms with Crippen LogP contribution in [0.5, 0.6) is 0 Å². The number of hydrogen-bond donors (Lipinski definition) is 1. The monoisotopic (exact) mass is 449 g/mol. The first-order valence-electron chi connectivity index (χ1n) is 10.9. The molecule has 0 radical (unpaired) electrons. The van der Waals surface area contributed by atoms with Gasteiger partial charge in [0.1, 0.15) is 4.83 Å². The summed E-state index contributed by atoms with van der Waals surface area (Å²) in [5.41, 5.74) is 1.22. The predicted molar refractivity (Wildman–Crippen MR) is 118 cm³/mol. The fraction of sp³-hybridized carbons (Fsp3) is 0.667. The van der Waals surface area contributed by atoms with Crippen molar-refractivity contribution in [3.63, 3.8) is 0 Å². The number of fused-ring (bicyclic) bond motifs is 3. The summed E-state index contributed by atoms with van der Waals surface area (Å²) < 4.78 is 13.1. The number of rotatable bonds is 7. The number of nitrogens with zero attached hydrogens (tertiary/aromatic N) is 2. The molecule has 2 saturated heterocycles. The van der Waals surface area contributed by atoms with E-state index >= 15 is 0 Å².